The summed E-state index contributed by atoms with van der Waals surface area (Å²) in [7, 11) is 0. The SMILES string of the molecule is CC1(C)CC(O)CN1c1cccc(N)n1. The summed E-state index contributed by atoms with van der Waals surface area (Å²) in [5.41, 5.74) is 5.59. The van der Waals surface area contributed by atoms with Gasteiger partial charge in [-0.05, 0) is 32.4 Å². The van der Waals surface area contributed by atoms with Gasteiger partial charge >= 0.3 is 0 Å². The number of β-amino-alcohol motifs (C(OH)–C–C–N with tert-alkyl or cyclic N) is 1. The van der Waals surface area contributed by atoms with Crippen molar-refractivity contribution in [1.29, 1.82) is 0 Å². The number of aromatic nitrogens is 1. The molecule has 82 valence electrons. The van der Waals surface area contributed by atoms with Crippen LogP contribution in [-0.2, 0) is 0 Å². The molecular formula is C11H17N3O. The number of nitrogens with zero attached hydrogens (tertiary/aromatic N) is 2. The van der Waals surface area contributed by atoms with Gasteiger partial charge in [-0.2, -0.15) is 0 Å². The van der Waals surface area contributed by atoms with Crippen LogP contribution < -0.4 is 10.6 Å². The molecule has 1 saturated heterocycles. The van der Waals surface area contributed by atoms with Crippen LogP contribution in [0.1, 0.15) is 20.3 Å². The standard InChI is InChI=1S/C11H17N3O/c1-11(2)6-8(15)7-14(11)10-5-3-4-9(12)13-10/h3-5,8,15H,6-7H2,1-2H3,(H2,12,13). The zero-order chi connectivity index (χ0) is 11.1. The van der Waals surface area contributed by atoms with Crippen molar-refractivity contribution >= 4 is 11.6 Å². The molecule has 2 heterocycles. The summed E-state index contributed by atoms with van der Waals surface area (Å²) in [6, 6.07) is 5.58. The van der Waals surface area contributed by atoms with Crippen LogP contribution in [0.15, 0.2) is 18.2 Å². The maximum atomic E-state index is 9.67. The smallest absolute Gasteiger partial charge is 0.131 e. The van der Waals surface area contributed by atoms with Crippen LogP contribution in [0.4, 0.5) is 11.6 Å². The molecule has 0 spiro atoms. The first-order chi connectivity index (χ1) is 6.99. The predicted molar refractivity (Wildman–Crippen MR) is 60.7 cm³/mol. The molecular weight excluding hydrogens is 190 g/mol. The van der Waals surface area contributed by atoms with Crippen molar-refractivity contribution in [2.45, 2.75) is 31.9 Å². The summed E-state index contributed by atoms with van der Waals surface area (Å²) in [5.74, 6) is 1.36. The van der Waals surface area contributed by atoms with Gasteiger partial charge in [0.2, 0.25) is 0 Å². The third-order valence-corrected chi connectivity index (χ3v) is 2.89. The number of rotatable bonds is 1. The Morgan fingerprint density at radius 2 is 2.27 bits per heavy atom. The van der Waals surface area contributed by atoms with Crippen LogP contribution in [0.3, 0.4) is 0 Å². The molecule has 1 aliphatic rings. The van der Waals surface area contributed by atoms with Gasteiger partial charge in [-0.25, -0.2) is 4.98 Å². The van der Waals surface area contributed by atoms with Crippen molar-refractivity contribution in [3.8, 4) is 0 Å². The zero-order valence-corrected chi connectivity index (χ0v) is 9.14. The van der Waals surface area contributed by atoms with Crippen LogP contribution in [0, 0.1) is 0 Å². The van der Waals surface area contributed by atoms with Crippen molar-refractivity contribution < 1.29 is 5.11 Å². The Kier molecular flexibility index (Phi) is 2.31. The summed E-state index contributed by atoms with van der Waals surface area (Å²) >= 11 is 0. The molecule has 1 atom stereocenters. The summed E-state index contributed by atoms with van der Waals surface area (Å²) in [6.07, 6.45) is 0.493. The van der Waals surface area contributed by atoms with E-state index in [-0.39, 0.29) is 11.6 Å². The Hall–Kier alpha value is -1.29. The molecule has 1 aromatic rings. The van der Waals surface area contributed by atoms with Crippen LogP contribution >= 0.6 is 0 Å². The minimum absolute atomic E-state index is 0.0553. The number of aliphatic hydroxyl groups excluding tert-OH is 1. The highest BCUT2D eigenvalue weighted by Gasteiger charge is 2.38. The van der Waals surface area contributed by atoms with Crippen molar-refractivity contribution in [2.24, 2.45) is 0 Å². The van der Waals surface area contributed by atoms with Gasteiger partial charge in [-0.15, -0.1) is 0 Å². The molecule has 0 amide bonds. The Morgan fingerprint density at radius 3 is 2.80 bits per heavy atom. The van der Waals surface area contributed by atoms with E-state index in [1.54, 1.807) is 6.07 Å². The van der Waals surface area contributed by atoms with Gasteiger partial charge in [0.05, 0.1) is 6.10 Å². The molecule has 15 heavy (non-hydrogen) atoms. The van der Waals surface area contributed by atoms with E-state index in [1.165, 1.54) is 0 Å². The normalized spacial score (nSPS) is 24.5. The lowest BCUT2D eigenvalue weighted by Crippen LogP contribution is -2.38. The topological polar surface area (TPSA) is 62.4 Å². The first-order valence-corrected chi connectivity index (χ1v) is 5.17. The first kappa shape index (κ1) is 10.2. The molecule has 0 saturated carbocycles. The summed E-state index contributed by atoms with van der Waals surface area (Å²) in [5, 5.41) is 9.67. The molecule has 2 rings (SSSR count). The molecule has 0 aromatic carbocycles. The molecule has 1 aliphatic heterocycles. The summed E-state index contributed by atoms with van der Waals surface area (Å²) < 4.78 is 0. The van der Waals surface area contributed by atoms with E-state index in [1.807, 2.05) is 12.1 Å². The van der Waals surface area contributed by atoms with Gasteiger partial charge in [0, 0.05) is 12.1 Å². The highest BCUT2D eigenvalue weighted by atomic mass is 16.3. The molecule has 3 N–H and O–H groups in total. The van der Waals surface area contributed by atoms with Crippen LogP contribution in [-0.4, -0.2) is 28.3 Å². The Labute approximate surface area is 89.7 Å². The van der Waals surface area contributed by atoms with Crippen molar-refractivity contribution in [3.63, 3.8) is 0 Å². The van der Waals surface area contributed by atoms with E-state index in [9.17, 15) is 5.11 Å². The fourth-order valence-corrected chi connectivity index (χ4v) is 2.20. The van der Waals surface area contributed by atoms with Crippen LogP contribution in [0.25, 0.3) is 0 Å². The van der Waals surface area contributed by atoms with Gasteiger partial charge in [-0.1, -0.05) is 6.07 Å². The second-order valence-electron chi connectivity index (χ2n) is 4.70. The van der Waals surface area contributed by atoms with Gasteiger partial charge in [0.1, 0.15) is 11.6 Å². The molecule has 0 aliphatic carbocycles. The molecule has 1 aromatic heterocycles. The Morgan fingerprint density at radius 1 is 1.53 bits per heavy atom. The monoisotopic (exact) mass is 207 g/mol. The second-order valence-corrected chi connectivity index (χ2v) is 4.70. The molecule has 1 unspecified atom stereocenters. The van der Waals surface area contributed by atoms with Crippen molar-refractivity contribution in [3.05, 3.63) is 18.2 Å². The number of hydrogen-bond acceptors (Lipinski definition) is 4. The molecule has 0 radical (unpaired) electrons. The largest absolute Gasteiger partial charge is 0.391 e. The van der Waals surface area contributed by atoms with Crippen LogP contribution in [0.2, 0.25) is 0 Å². The summed E-state index contributed by atoms with van der Waals surface area (Å²) in [4.78, 5) is 6.38. The average molecular weight is 207 g/mol. The van der Waals surface area contributed by atoms with Gasteiger partial charge < -0.3 is 15.7 Å². The van der Waals surface area contributed by atoms with Gasteiger partial charge in [-0.3, -0.25) is 0 Å². The molecule has 4 nitrogen and oxygen atoms in total. The quantitative estimate of drug-likeness (QED) is 0.721. The molecule has 0 bridgehead atoms. The lowest BCUT2D eigenvalue weighted by Gasteiger charge is -2.32. The Balaban J connectivity index is 2.31. The van der Waals surface area contributed by atoms with Crippen molar-refractivity contribution in [1.82, 2.24) is 4.98 Å². The number of nitrogens with two attached hydrogens (primary N) is 1. The van der Waals surface area contributed by atoms with E-state index in [4.69, 9.17) is 5.73 Å². The molecule has 4 heteroatoms. The highest BCUT2D eigenvalue weighted by molar-refractivity contribution is 5.48. The van der Waals surface area contributed by atoms with E-state index >= 15 is 0 Å². The minimum Gasteiger partial charge on any atom is -0.391 e. The van der Waals surface area contributed by atoms with Gasteiger partial charge in [0.25, 0.3) is 0 Å². The first-order valence-electron chi connectivity index (χ1n) is 5.17. The number of nitrogen functional groups attached to an aromatic ring is 1. The number of pyridine rings is 1. The fourth-order valence-electron chi connectivity index (χ4n) is 2.20. The van der Waals surface area contributed by atoms with E-state index in [0.717, 1.165) is 12.2 Å². The highest BCUT2D eigenvalue weighted by Crippen LogP contribution is 2.32. The minimum atomic E-state index is -0.275. The van der Waals surface area contributed by atoms with Crippen LogP contribution in [0.5, 0.6) is 0 Å². The number of hydrogen-bond donors (Lipinski definition) is 2. The molecule has 1 fully saturated rings. The van der Waals surface area contributed by atoms with Gasteiger partial charge in [0.15, 0.2) is 0 Å². The maximum absolute atomic E-state index is 9.67. The zero-order valence-electron chi connectivity index (χ0n) is 9.14. The third-order valence-electron chi connectivity index (χ3n) is 2.89. The number of anilines is 2. The maximum Gasteiger partial charge on any atom is 0.131 e. The summed E-state index contributed by atoms with van der Waals surface area (Å²) in [6.45, 7) is 4.84. The lowest BCUT2D eigenvalue weighted by atomic mass is 10.0. The van der Waals surface area contributed by atoms with E-state index in [0.29, 0.717) is 12.4 Å². The predicted octanol–water partition coefficient (Wildman–Crippen LogP) is 1.01. The second kappa shape index (κ2) is 3.38. The third kappa shape index (κ3) is 1.90. The van der Waals surface area contributed by atoms with E-state index < -0.39 is 0 Å². The average Bonchev–Trinajstić information content (AvgIpc) is 2.39. The number of aliphatic hydroxyl groups is 1. The fraction of sp³-hybridized carbons (Fsp3) is 0.545. The lowest BCUT2D eigenvalue weighted by molar-refractivity contribution is 0.188. The van der Waals surface area contributed by atoms with E-state index in [2.05, 4.69) is 23.7 Å². The van der Waals surface area contributed by atoms with Crippen molar-refractivity contribution in [2.75, 3.05) is 17.2 Å². The Bertz CT molecular complexity index is 365.